The van der Waals surface area contributed by atoms with E-state index in [0.717, 1.165) is 5.56 Å². The summed E-state index contributed by atoms with van der Waals surface area (Å²) in [7, 11) is 0. The van der Waals surface area contributed by atoms with Crippen LogP contribution >= 0.6 is 0 Å². The van der Waals surface area contributed by atoms with Gasteiger partial charge >= 0.3 is 0 Å². The van der Waals surface area contributed by atoms with Crippen LogP contribution in [0.4, 0.5) is 11.4 Å². The fourth-order valence-electron chi connectivity index (χ4n) is 1.77. The van der Waals surface area contributed by atoms with E-state index in [-0.39, 0.29) is 17.5 Å². The van der Waals surface area contributed by atoms with Gasteiger partial charge in [0.2, 0.25) is 0 Å². The van der Waals surface area contributed by atoms with Gasteiger partial charge < -0.3 is 10.5 Å². The maximum absolute atomic E-state index is 10.7. The number of nitro groups is 1. The van der Waals surface area contributed by atoms with Crippen LogP contribution in [0.1, 0.15) is 18.6 Å². The number of anilines is 1. The molecule has 0 aliphatic rings. The fourth-order valence-corrected chi connectivity index (χ4v) is 1.77. The van der Waals surface area contributed by atoms with E-state index in [1.54, 1.807) is 6.07 Å². The molecule has 0 saturated carbocycles. The molecule has 2 aromatic rings. The first-order chi connectivity index (χ1) is 9.08. The monoisotopic (exact) mass is 258 g/mol. The average molecular weight is 258 g/mol. The molecule has 0 bridgehead atoms. The quantitative estimate of drug-likeness (QED) is 0.518. The topological polar surface area (TPSA) is 78.4 Å². The van der Waals surface area contributed by atoms with Crippen LogP contribution < -0.4 is 10.5 Å². The van der Waals surface area contributed by atoms with Gasteiger partial charge in [0.25, 0.3) is 5.69 Å². The third-order valence-corrected chi connectivity index (χ3v) is 2.78. The van der Waals surface area contributed by atoms with Crippen molar-refractivity contribution in [3.8, 4) is 5.75 Å². The lowest BCUT2D eigenvalue weighted by atomic mass is 10.1. The highest BCUT2D eigenvalue weighted by molar-refractivity contribution is 5.60. The zero-order valence-corrected chi connectivity index (χ0v) is 10.4. The van der Waals surface area contributed by atoms with Crippen molar-refractivity contribution < 1.29 is 9.66 Å². The number of rotatable bonds is 4. The Morgan fingerprint density at radius 3 is 2.47 bits per heavy atom. The van der Waals surface area contributed by atoms with Crippen LogP contribution in [-0.4, -0.2) is 4.92 Å². The van der Waals surface area contributed by atoms with E-state index < -0.39 is 4.92 Å². The molecule has 0 aromatic heterocycles. The van der Waals surface area contributed by atoms with E-state index in [2.05, 4.69) is 0 Å². The lowest BCUT2D eigenvalue weighted by Gasteiger charge is -2.15. The molecule has 0 aliphatic heterocycles. The van der Waals surface area contributed by atoms with E-state index in [1.165, 1.54) is 12.1 Å². The number of ether oxygens (including phenoxy) is 1. The van der Waals surface area contributed by atoms with Gasteiger partial charge in [0.15, 0.2) is 0 Å². The van der Waals surface area contributed by atoms with Crippen LogP contribution in [0.15, 0.2) is 48.5 Å². The molecular formula is C14H14N2O3. The molecule has 2 aromatic carbocycles. The van der Waals surface area contributed by atoms with Gasteiger partial charge in [-0.25, -0.2) is 0 Å². The Morgan fingerprint density at radius 1 is 1.21 bits per heavy atom. The van der Waals surface area contributed by atoms with Gasteiger partial charge in [-0.05, 0) is 18.6 Å². The second-order valence-corrected chi connectivity index (χ2v) is 4.15. The number of benzene rings is 2. The number of hydrogen-bond donors (Lipinski definition) is 1. The second-order valence-electron chi connectivity index (χ2n) is 4.15. The molecular weight excluding hydrogens is 244 g/mol. The first kappa shape index (κ1) is 12.9. The summed E-state index contributed by atoms with van der Waals surface area (Å²) in [5.41, 5.74) is 6.63. The molecule has 0 saturated heterocycles. The van der Waals surface area contributed by atoms with Gasteiger partial charge in [0, 0.05) is 12.1 Å². The highest BCUT2D eigenvalue weighted by atomic mass is 16.6. The molecule has 1 unspecified atom stereocenters. The van der Waals surface area contributed by atoms with Gasteiger partial charge in [0.1, 0.15) is 17.5 Å². The number of nitrogen functional groups attached to an aromatic ring is 1. The minimum Gasteiger partial charge on any atom is -0.486 e. The largest absolute Gasteiger partial charge is 0.486 e. The highest BCUT2D eigenvalue weighted by Crippen LogP contribution is 2.28. The Morgan fingerprint density at radius 2 is 1.89 bits per heavy atom. The molecule has 1 atom stereocenters. The Balaban J connectivity index is 2.16. The van der Waals surface area contributed by atoms with Crippen molar-refractivity contribution in [2.45, 2.75) is 13.0 Å². The van der Waals surface area contributed by atoms with Gasteiger partial charge in [0.05, 0.1) is 4.92 Å². The summed E-state index contributed by atoms with van der Waals surface area (Å²) in [5, 5.41) is 10.7. The van der Waals surface area contributed by atoms with Crippen molar-refractivity contribution in [3.63, 3.8) is 0 Å². The van der Waals surface area contributed by atoms with Crippen LogP contribution in [-0.2, 0) is 0 Å². The number of nitrogens with zero attached hydrogens (tertiary/aromatic N) is 1. The van der Waals surface area contributed by atoms with E-state index in [0.29, 0.717) is 5.75 Å². The molecule has 0 aliphatic carbocycles. The SMILES string of the molecule is CC(Oc1ccc([N+](=O)[O-])c(N)c1)c1ccccc1. The summed E-state index contributed by atoms with van der Waals surface area (Å²) < 4.78 is 5.71. The van der Waals surface area contributed by atoms with Gasteiger partial charge in [-0.15, -0.1) is 0 Å². The summed E-state index contributed by atoms with van der Waals surface area (Å²) in [6.07, 6.45) is -0.151. The molecule has 0 amide bonds. The minimum absolute atomic E-state index is 0.0998. The maximum Gasteiger partial charge on any atom is 0.292 e. The predicted molar refractivity (Wildman–Crippen MR) is 73.0 cm³/mol. The second kappa shape index (κ2) is 5.39. The molecule has 5 nitrogen and oxygen atoms in total. The first-order valence-electron chi connectivity index (χ1n) is 5.83. The van der Waals surface area contributed by atoms with E-state index in [9.17, 15) is 10.1 Å². The van der Waals surface area contributed by atoms with Crippen LogP contribution in [0, 0.1) is 10.1 Å². The van der Waals surface area contributed by atoms with Crippen molar-refractivity contribution in [3.05, 3.63) is 64.2 Å². The Kier molecular flexibility index (Phi) is 3.66. The highest BCUT2D eigenvalue weighted by Gasteiger charge is 2.13. The van der Waals surface area contributed by atoms with Crippen molar-refractivity contribution in [1.82, 2.24) is 0 Å². The average Bonchev–Trinajstić information content (AvgIpc) is 2.39. The van der Waals surface area contributed by atoms with Gasteiger partial charge in [-0.1, -0.05) is 30.3 Å². The van der Waals surface area contributed by atoms with E-state index in [4.69, 9.17) is 10.5 Å². The number of hydrogen-bond acceptors (Lipinski definition) is 4. The molecule has 2 N–H and O–H groups in total. The summed E-state index contributed by atoms with van der Waals surface area (Å²) in [6, 6.07) is 14.1. The zero-order valence-electron chi connectivity index (χ0n) is 10.4. The molecule has 0 radical (unpaired) electrons. The van der Waals surface area contributed by atoms with E-state index >= 15 is 0 Å². The molecule has 98 valence electrons. The maximum atomic E-state index is 10.7. The summed E-state index contributed by atoms with van der Waals surface area (Å²) in [4.78, 5) is 10.1. The fraction of sp³-hybridized carbons (Fsp3) is 0.143. The smallest absolute Gasteiger partial charge is 0.292 e. The standard InChI is InChI=1S/C14H14N2O3/c1-10(11-5-3-2-4-6-11)19-12-7-8-14(16(17)18)13(15)9-12/h2-10H,15H2,1H3. The lowest BCUT2D eigenvalue weighted by Crippen LogP contribution is -2.03. The van der Waals surface area contributed by atoms with E-state index in [1.807, 2.05) is 37.3 Å². The molecule has 5 heteroatoms. The summed E-state index contributed by atoms with van der Waals surface area (Å²) in [6.45, 7) is 1.91. The van der Waals surface area contributed by atoms with Gasteiger partial charge in [-0.2, -0.15) is 0 Å². The predicted octanol–water partition coefficient (Wildman–Crippen LogP) is 3.32. The number of nitrogens with two attached hydrogens (primary N) is 1. The Hall–Kier alpha value is -2.56. The Bertz CT molecular complexity index is 584. The molecule has 0 spiro atoms. The molecule has 19 heavy (non-hydrogen) atoms. The van der Waals surface area contributed by atoms with Crippen molar-refractivity contribution in [2.24, 2.45) is 0 Å². The first-order valence-corrected chi connectivity index (χ1v) is 5.83. The normalized spacial score (nSPS) is 11.8. The summed E-state index contributed by atoms with van der Waals surface area (Å²) >= 11 is 0. The van der Waals surface area contributed by atoms with Crippen LogP contribution in [0.2, 0.25) is 0 Å². The van der Waals surface area contributed by atoms with Crippen molar-refractivity contribution in [2.75, 3.05) is 5.73 Å². The van der Waals surface area contributed by atoms with Crippen LogP contribution in [0.25, 0.3) is 0 Å². The zero-order chi connectivity index (χ0) is 13.8. The molecule has 2 rings (SSSR count). The number of nitro benzene ring substituents is 1. The van der Waals surface area contributed by atoms with Crippen LogP contribution in [0.3, 0.4) is 0 Å². The Labute approximate surface area is 110 Å². The molecule has 0 fully saturated rings. The third kappa shape index (κ3) is 3.01. The van der Waals surface area contributed by atoms with Crippen LogP contribution in [0.5, 0.6) is 5.75 Å². The summed E-state index contributed by atoms with van der Waals surface area (Å²) in [5.74, 6) is 0.513. The third-order valence-electron chi connectivity index (χ3n) is 2.78. The molecule has 0 heterocycles. The lowest BCUT2D eigenvalue weighted by molar-refractivity contribution is -0.383. The van der Waals surface area contributed by atoms with Crippen molar-refractivity contribution in [1.29, 1.82) is 0 Å². The minimum atomic E-state index is -0.514. The van der Waals surface area contributed by atoms with Crippen molar-refractivity contribution >= 4 is 11.4 Å². The van der Waals surface area contributed by atoms with Gasteiger partial charge in [-0.3, -0.25) is 10.1 Å².